The first-order valence-electron chi connectivity index (χ1n) is 7.56. The lowest BCUT2D eigenvalue weighted by atomic mass is 10.2. The molecule has 0 spiro atoms. The van der Waals surface area contributed by atoms with Crippen LogP contribution in [0.5, 0.6) is 0 Å². The lowest BCUT2D eigenvalue weighted by molar-refractivity contribution is -0.133. The monoisotopic (exact) mass is 336 g/mol. The minimum atomic E-state index is -4.03. The van der Waals surface area contributed by atoms with E-state index in [9.17, 15) is 13.2 Å². The quantitative estimate of drug-likeness (QED) is 0.887. The van der Waals surface area contributed by atoms with Crippen LogP contribution >= 0.6 is 0 Å². The molecule has 124 valence electrons. The van der Waals surface area contributed by atoms with Gasteiger partial charge in [0, 0.05) is 0 Å². The molecule has 1 unspecified atom stereocenters. The molecule has 1 saturated carbocycles. The van der Waals surface area contributed by atoms with Gasteiger partial charge in [0.1, 0.15) is 6.10 Å². The molecule has 1 fully saturated rings. The third-order valence-electron chi connectivity index (χ3n) is 3.91. The van der Waals surface area contributed by atoms with Gasteiger partial charge in [-0.25, -0.2) is 13.1 Å². The van der Waals surface area contributed by atoms with E-state index in [1.807, 2.05) is 10.8 Å². The minimum Gasteiger partial charge on any atom is -0.365 e. The predicted molar refractivity (Wildman–Crippen MR) is 84.0 cm³/mol. The van der Waals surface area contributed by atoms with Crippen LogP contribution < -0.4 is 4.72 Å². The van der Waals surface area contributed by atoms with Crippen molar-refractivity contribution in [2.75, 3.05) is 0 Å². The van der Waals surface area contributed by atoms with E-state index >= 15 is 0 Å². The zero-order valence-corrected chi connectivity index (χ0v) is 14.0. The molecule has 0 saturated heterocycles. The molecule has 0 heterocycles. The van der Waals surface area contributed by atoms with Crippen LogP contribution in [0.4, 0.5) is 0 Å². The number of nitrogens with zero attached hydrogens (tertiary/aromatic N) is 1. The Balaban J connectivity index is 2.11. The fraction of sp³-hybridized carbons (Fsp3) is 0.500. The second kappa shape index (κ2) is 7.11. The Bertz CT molecular complexity index is 731. The Labute approximate surface area is 136 Å². The number of carbonyl (C=O) groups is 1. The highest BCUT2D eigenvalue weighted by Crippen LogP contribution is 2.22. The summed E-state index contributed by atoms with van der Waals surface area (Å²) >= 11 is 0. The summed E-state index contributed by atoms with van der Waals surface area (Å²) in [6, 6.07) is 6.21. The van der Waals surface area contributed by atoms with E-state index in [4.69, 9.17) is 10.00 Å². The number of rotatable bonds is 5. The number of benzene rings is 1. The molecule has 1 aromatic carbocycles. The molecule has 1 N–H and O–H groups in total. The van der Waals surface area contributed by atoms with Crippen LogP contribution in [-0.4, -0.2) is 26.5 Å². The van der Waals surface area contributed by atoms with E-state index in [0.29, 0.717) is 5.56 Å². The Morgan fingerprint density at radius 3 is 2.65 bits per heavy atom. The van der Waals surface area contributed by atoms with E-state index in [-0.39, 0.29) is 16.6 Å². The van der Waals surface area contributed by atoms with E-state index in [1.165, 1.54) is 18.2 Å². The molecule has 0 bridgehead atoms. The molecular weight excluding hydrogens is 316 g/mol. The van der Waals surface area contributed by atoms with E-state index in [0.717, 1.165) is 25.7 Å². The molecule has 0 aliphatic heterocycles. The summed E-state index contributed by atoms with van der Waals surface area (Å²) < 4.78 is 32.4. The normalized spacial score (nSPS) is 16.7. The zero-order chi connectivity index (χ0) is 17.0. The molecule has 0 aromatic heterocycles. The second-order valence-electron chi connectivity index (χ2n) is 5.75. The van der Waals surface area contributed by atoms with Crippen LogP contribution in [0.2, 0.25) is 0 Å². The first-order valence-corrected chi connectivity index (χ1v) is 9.04. The molecule has 2 rings (SSSR count). The molecule has 6 nitrogen and oxygen atoms in total. The number of sulfonamides is 1. The largest absolute Gasteiger partial charge is 0.365 e. The van der Waals surface area contributed by atoms with Crippen molar-refractivity contribution in [3.63, 3.8) is 0 Å². The molecule has 1 aromatic rings. The van der Waals surface area contributed by atoms with E-state index < -0.39 is 22.0 Å². The molecule has 1 aliphatic carbocycles. The summed E-state index contributed by atoms with van der Waals surface area (Å²) in [5.41, 5.74) is 0.687. The molecular formula is C16H20N2O4S. The van der Waals surface area contributed by atoms with Crippen molar-refractivity contribution in [1.82, 2.24) is 4.72 Å². The van der Waals surface area contributed by atoms with Gasteiger partial charge in [0.15, 0.2) is 0 Å². The van der Waals surface area contributed by atoms with Gasteiger partial charge in [-0.15, -0.1) is 0 Å². The summed E-state index contributed by atoms with van der Waals surface area (Å²) in [4.78, 5) is 12.0. The SMILES string of the molecule is Cc1ccc(C#N)cc1S(=O)(=O)NC(=O)C(C)OC1CCCC1. The van der Waals surface area contributed by atoms with Crippen molar-refractivity contribution in [3.05, 3.63) is 29.3 Å². The average molecular weight is 336 g/mol. The smallest absolute Gasteiger partial charge is 0.264 e. The van der Waals surface area contributed by atoms with Crippen molar-refractivity contribution in [1.29, 1.82) is 5.26 Å². The zero-order valence-electron chi connectivity index (χ0n) is 13.2. The summed E-state index contributed by atoms with van der Waals surface area (Å²) in [7, 11) is -4.03. The first kappa shape index (κ1) is 17.4. The number of ether oxygens (including phenoxy) is 1. The minimum absolute atomic E-state index is 0.0158. The number of nitriles is 1. The topological polar surface area (TPSA) is 96.3 Å². The number of aryl methyl sites for hydroxylation is 1. The molecule has 0 radical (unpaired) electrons. The van der Waals surface area contributed by atoms with Gasteiger partial charge in [-0.3, -0.25) is 4.79 Å². The van der Waals surface area contributed by atoms with Crippen LogP contribution in [0.1, 0.15) is 43.7 Å². The Morgan fingerprint density at radius 2 is 2.04 bits per heavy atom. The molecule has 7 heteroatoms. The van der Waals surface area contributed by atoms with Crippen LogP contribution in [0.15, 0.2) is 23.1 Å². The highest BCUT2D eigenvalue weighted by molar-refractivity contribution is 7.90. The Morgan fingerprint density at radius 1 is 1.39 bits per heavy atom. The standard InChI is InChI=1S/C16H20N2O4S/c1-11-7-8-13(10-17)9-15(11)23(20,21)18-16(19)12(2)22-14-5-3-4-6-14/h7-9,12,14H,3-6H2,1-2H3,(H,18,19). The molecule has 1 atom stereocenters. The summed E-state index contributed by atoms with van der Waals surface area (Å²) in [5.74, 6) is -0.696. The molecule has 23 heavy (non-hydrogen) atoms. The van der Waals surface area contributed by atoms with Gasteiger partial charge >= 0.3 is 0 Å². The highest BCUT2D eigenvalue weighted by Gasteiger charge is 2.26. The third-order valence-corrected chi connectivity index (χ3v) is 5.40. The van der Waals surface area contributed by atoms with Crippen LogP contribution in [0.25, 0.3) is 0 Å². The average Bonchev–Trinajstić information content (AvgIpc) is 3.00. The fourth-order valence-corrected chi connectivity index (χ4v) is 3.92. The summed E-state index contributed by atoms with van der Waals surface area (Å²) in [5, 5.41) is 8.90. The van der Waals surface area contributed by atoms with Crippen molar-refractivity contribution in [3.8, 4) is 6.07 Å². The van der Waals surface area contributed by atoms with E-state index in [2.05, 4.69) is 0 Å². The summed E-state index contributed by atoms with van der Waals surface area (Å²) in [6.07, 6.45) is 3.10. The lowest BCUT2D eigenvalue weighted by Crippen LogP contribution is -2.40. The molecule has 1 aliphatic rings. The maximum Gasteiger partial charge on any atom is 0.264 e. The first-order chi connectivity index (χ1) is 10.8. The van der Waals surface area contributed by atoms with Crippen LogP contribution in [0, 0.1) is 18.3 Å². The van der Waals surface area contributed by atoms with Crippen molar-refractivity contribution in [2.45, 2.75) is 56.6 Å². The number of nitrogens with one attached hydrogen (secondary N) is 1. The van der Waals surface area contributed by atoms with Gasteiger partial charge in [0.2, 0.25) is 0 Å². The van der Waals surface area contributed by atoms with Gasteiger partial charge in [0.25, 0.3) is 15.9 Å². The van der Waals surface area contributed by atoms with Crippen LogP contribution in [0.3, 0.4) is 0 Å². The fourth-order valence-electron chi connectivity index (χ4n) is 2.60. The Kier molecular flexibility index (Phi) is 5.39. The van der Waals surface area contributed by atoms with Gasteiger partial charge in [-0.05, 0) is 44.4 Å². The number of hydrogen-bond acceptors (Lipinski definition) is 5. The van der Waals surface area contributed by atoms with Crippen molar-refractivity contribution < 1.29 is 17.9 Å². The predicted octanol–water partition coefficient (Wildman–Crippen LogP) is 2.02. The van der Waals surface area contributed by atoms with Gasteiger partial charge in [-0.2, -0.15) is 5.26 Å². The maximum atomic E-state index is 12.4. The van der Waals surface area contributed by atoms with Crippen molar-refractivity contribution >= 4 is 15.9 Å². The summed E-state index contributed by atoms with van der Waals surface area (Å²) in [6.45, 7) is 3.15. The number of amides is 1. The van der Waals surface area contributed by atoms with Gasteiger partial charge in [-0.1, -0.05) is 18.9 Å². The molecule has 1 amide bonds. The third kappa shape index (κ3) is 4.30. The van der Waals surface area contributed by atoms with Gasteiger partial charge < -0.3 is 4.74 Å². The maximum absolute atomic E-state index is 12.4. The number of carbonyl (C=O) groups excluding carboxylic acids is 1. The Hall–Kier alpha value is -1.91. The van der Waals surface area contributed by atoms with Gasteiger partial charge in [0.05, 0.1) is 22.6 Å². The number of hydrogen-bond donors (Lipinski definition) is 1. The van der Waals surface area contributed by atoms with E-state index in [1.54, 1.807) is 13.8 Å². The van der Waals surface area contributed by atoms with Crippen molar-refractivity contribution in [2.24, 2.45) is 0 Å². The lowest BCUT2D eigenvalue weighted by Gasteiger charge is -2.18. The second-order valence-corrected chi connectivity index (χ2v) is 7.40. The highest BCUT2D eigenvalue weighted by atomic mass is 32.2. The van der Waals surface area contributed by atoms with Crippen LogP contribution in [-0.2, 0) is 19.6 Å².